The van der Waals surface area contributed by atoms with Gasteiger partial charge < -0.3 is 0 Å². The molecule has 0 N–H and O–H groups in total. The Morgan fingerprint density at radius 2 is 1.29 bits per heavy atom. The smallest absolute Gasteiger partial charge is 0.193 e. The first-order valence-corrected chi connectivity index (χ1v) is 13.2. The van der Waals surface area contributed by atoms with Crippen LogP contribution >= 0.6 is 0 Å². The van der Waals surface area contributed by atoms with E-state index in [4.69, 9.17) is 0 Å². The number of carbonyl (C=O) groups excluding carboxylic acids is 3. The van der Waals surface area contributed by atoms with Gasteiger partial charge in [0, 0.05) is 34.3 Å². The van der Waals surface area contributed by atoms with Crippen molar-refractivity contribution in [1.82, 2.24) is 0 Å². The fourth-order valence-corrected chi connectivity index (χ4v) is 4.64. The predicted molar refractivity (Wildman–Crippen MR) is 158 cm³/mol. The van der Waals surface area contributed by atoms with Gasteiger partial charge in [-0.15, -0.1) is 0 Å². The molecule has 5 rings (SSSR count). The Kier molecular flexibility index (Phi) is 9.67. The van der Waals surface area contributed by atoms with Crippen molar-refractivity contribution in [1.29, 1.82) is 0 Å². The van der Waals surface area contributed by atoms with Crippen molar-refractivity contribution >= 4 is 29.0 Å². The summed E-state index contributed by atoms with van der Waals surface area (Å²) in [6.07, 6.45) is 12.1. The Bertz CT molecular complexity index is 1410. The minimum absolute atomic E-state index is 0.0535. The molecule has 0 bridgehead atoms. The lowest BCUT2D eigenvalue weighted by Gasteiger charge is -2.16. The zero-order chi connectivity index (χ0) is 27.8. The van der Waals surface area contributed by atoms with Crippen molar-refractivity contribution in [2.24, 2.45) is 0 Å². The zero-order valence-corrected chi connectivity index (χ0v) is 22.7. The molecule has 38 heavy (non-hydrogen) atoms. The van der Waals surface area contributed by atoms with Crippen LogP contribution in [0.2, 0.25) is 0 Å². The Hall–Kier alpha value is -4.11. The molecular weight excluding hydrogens is 468 g/mol. The summed E-state index contributed by atoms with van der Waals surface area (Å²) in [5, 5.41) is 0. The van der Waals surface area contributed by atoms with Crippen LogP contribution in [0, 0.1) is 0 Å². The number of hydrogen-bond donors (Lipinski definition) is 0. The first-order valence-electron chi connectivity index (χ1n) is 13.2. The van der Waals surface area contributed by atoms with E-state index in [9.17, 15) is 14.4 Å². The summed E-state index contributed by atoms with van der Waals surface area (Å²) in [4.78, 5) is 34.4. The van der Waals surface area contributed by atoms with Crippen LogP contribution in [0.3, 0.4) is 0 Å². The lowest BCUT2D eigenvalue weighted by molar-refractivity contribution is -0.115. The van der Waals surface area contributed by atoms with E-state index >= 15 is 0 Å². The van der Waals surface area contributed by atoms with Crippen molar-refractivity contribution in [3.63, 3.8) is 0 Å². The molecule has 0 spiro atoms. The average Bonchev–Trinajstić information content (AvgIpc) is 2.94. The maximum absolute atomic E-state index is 11.7. The average molecular weight is 505 g/mol. The van der Waals surface area contributed by atoms with Gasteiger partial charge in [0.2, 0.25) is 0 Å². The minimum Gasteiger partial charge on any atom is -0.294 e. The van der Waals surface area contributed by atoms with Gasteiger partial charge in [0.1, 0.15) is 0 Å². The molecule has 3 nitrogen and oxygen atoms in total. The molecule has 0 amide bonds. The second-order valence-corrected chi connectivity index (χ2v) is 9.45. The van der Waals surface area contributed by atoms with Gasteiger partial charge in [-0.1, -0.05) is 107 Å². The Morgan fingerprint density at radius 3 is 1.92 bits per heavy atom. The van der Waals surface area contributed by atoms with Crippen LogP contribution < -0.4 is 0 Å². The molecular formula is C35H36O3. The molecule has 0 aliphatic heterocycles. The first kappa shape index (κ1) is 28.5. The van der Waals surface area contributed by atoms with Crippen LogP contribution in [0.15, 0.2) is 103 Å². The molecule has 0 saturated heterocycles. The van der Waals surface area contributed by atoms with Crippen LogP contribution in [-0.2, 0) is 11.2 Å². The van der Waals surface area contributed by atoms with E-state index in [1.165, 1.54) is 16.7 Å². The van der Waals surface area contributed by atoms with Crippen LogP contribution in [0.5, 0.6) is 0 Å². The number of carbonyl (C=O) groups is 3. The molecule has 0 atom stereocenters. The van der Waals surface area contributed by atoms with E-state index < -0.39 is 0 Å². The topological polar surface area (TPSA) is 51.2 Å². The van der Waals surface area contributed by atoms with E-state index in [-0.39, 0.29) is 17.3 Å². The van der Waals surface area contributed by atoms with Crippen molar-refractivity contribution in [3.05, 3.63) is 131 Å². The normalized spacial score (nSPS) is 15.9. The van der Waals surface area contributed by atoms with Crippen LogP contribution in [0.1, 0.15) is 83.9 Å². The number of allylic oxidation sites excluding steroid dienone is 8. The lowest BCUT2D eigenvalue weighted by atomic mass is 9.86. The van der Waals surface area contributed by atoms with E-state index in [0.717, 1.165) is 47.9 Å². The molecule has 194 valence electrons. The summed E-state index contributed by atoms with van der Waals surface area (Å²) < 4.78 is 0. The monoisotopic (exact) mass is 504 g/mol. The van der Waals surface area contributed by atoms with E-state index in [1.54, 1.807) is 6.08 Å². The minimum atomic E-state index is 0.0535. The van der Waals surface area contributed by atoms with Gasteiger partial charge in [-0.2, -0.15) is 0 Å². The number of Topliss-reactive ketones (excluding diaryl/α,β-unsaturated/α-hetero) is 3. The summed E-state index contributed by atoms with van der Waals surface area (Å²) in [6.45, 7) is 17.4. The fourth-order valence-electron chi connectivity index (χ4n) is 4.64. The van der Waals surface area contributed by atoms with Crippen molar-refractivity contribution in [3.8, 4) is 0 Å². The van der Waals surface area contributed by atoms with E-state index in [1.807, 2.05) is 54.6 Å². The highest BCUT2D eigenvalue weighted by atomic mass is 16.1. The quantitative estimate of drug-likeness (QED) is 0.394. The first-order chi connectivity index (χ1) is 18.2. The third-order valence-corrected chi connectivity index (χ3v) is 6.97. The van der Waals surface area contributed by atoms with Gasteiger partial charge in [0.05, 0.1) is 0 Å². The highest BCUT2D eigenvalue weighted by molar-refractivity contribution is 6.16. The van der Waals surface area contributed by atoms with Gasteiger partial charge in [-0.05, 0) is 54.0 Å². The number of rotatable bonds is 3. The maximum Gasteiger partial charge on any atom is 0.193 e. The SMILES string of the molecule is C=C1C=C(CC)CCC1=O.C=C1C=C(CC)c2ccccc2C1=O.C=C1C=Cc2c(CC)cccc2C1=O. The Balaban J connectivity index is 0.000000161. The molecule has 2 aromatic rings. The molecule has 2 aromatic carbocycles. The molecule has 0 unspecified atom stereocenters. The highest BCUT2D eigenvalue weighted by Gasteiger charge is 2.20. The number of benzene rings is 2. The summed E-state index contributed by atoms with van der Waals surface area (Å²) in [5.41, 5.74) is 9.33. The predicted octanol–water partition coefficient (Wildman–Crippen LogP) is 8.49. The largest absolute Gasteiger partial charge is 0.294 e. The van der Waals surface area contributed by atoms with Crippen molar-refractivity contribution < 1.29 is 14.4 Å². The molecule has 0 heterocycles. The molecule has 3 aliphatic carbocycles. The maximum atomic E-state index is 11.7. The molecule has 0 saturated carbocycles. The van der Waals surface area contributed by atoms with Gasteiger partial charge in [0.15, 0.2) is 17.3 Å². The van der Waals surface area contributed by atoms with Gasteiger partial charge in [0.25, 0.3) is 0 Å². The Morgan fingerprint density at radius 1 is 0.632 bits per heavy atom. The number of fused-ring (bicyclic) bond motifs is 2. The van der Waals surface area contributed by atoms with Crippen molar-refractivity contribution in [2.45, 2.75) is 52.9 Å². The molecule has 0 fully saturated rings. The summed E-state index contributed by atoms with van der Waals surface area (Å²) >= 11 is 0. The van der Waals surface area contributed by atoms with Crippen molar-refractivity contribution in [2.75, 3.05) is 0 Å². The van der Waals surface area contributed by atoms with Gasteiger partial charge >= 0.3 is 0 Å². The second kappa shape index (κ2) is 12.9. The van der Waals surface area contributed by atoms with Crippen LogP contribution in [0.25, 0.3) is 11.6 Å². The third-order valence-electron chi connectivity index (χ3n) is 6.97. The van der Waals surface area contributed by atoms with E-state index in [2.05, 4.69) is 46.6 Å². The highest BCUT2D eigenvalue weighted by Crippen LogP contribution is 2.30. The molecule has 3 aliphatic rings. The summed E-state index contributed by atoms with van der Waals surface area (Å²) in [5.74, 6) is 0.313. The lowest BCUT2D eigenvalue weighted by Crippen LogP contribution is -2.09. The second-order valence-electron chi connectivity index (χ2n) is 9.45. The molecule has 3 heteroatoms. The molecule has 0 radical (unpaired) electrons. The standard InChI is InChI=1S/2C13H12O.C9H12O/c1-3-10-5-4-6-12-11(10)8-7-9(2)13(12)14;1-3-10-8-9(2)13(14)12-7-5-4-6-11(10)12;1-3-8-4-5-9(10)7(2)6-8/h2*4-8H,2-3H2,1H3;6H,2-5H2,1H3. The number of aryl methyl sites for hydroxylation is 1. The fraction of sp³-hybridized carbons (Fsp3) is 0.229. The van der Waals surface area contributed by atoms with Gasteiger partial charge in [-0.3, -0.25) is 14.4 Å². The van der Waals surface area contributed by atoms with Crippen LogP contribution in [0.4, 0.5) is 0 Å². The summed E-state index contributed by atoms with van der Waals surface area (Å²) in [6, 6.07) is 13.6. The Labute approximate surface area is 226 Å². The zero-order valence-electron chi connectivity index (χ0n) is 22.7. The number of hydrogen-bond acceptors (Lipinski definition) is 3. The van der Waals surface area contributed by atoms with E-state index in [0.29, 0.717) is 23.1 Å². The molecule has 0 aromatic heterocycles. The third kappa shape index (κ3) is 6.41. The number of ketones is 3. The summed E-state index contributed by atoms with van der Waals surface area (Å²) in [7, 11) is 0. The van der Waals surface area contributed by atoms with Gasteiger partial charge in [-0.25, -0.2) is 0 Å². The van der Waals surface area contributed by atoms with Crippen LogP contribution in [-0.4, -0.2) is 17.3 Å².